The highest BCUT2D eigenvalue weighted by molar-refractivity contribution is 5.12. The molecule has 0 amide bonds. The Kier molecular flexibility index (Phi) is 3.26. The average Bonchev–Trinajstić information content (AvgIpc) is 2.79. The van der Waals surface area contributed by atoms with Crippen LogP contribution in [0.5, 0.6) is 5.75 Å². The first-order valence-electron chi connectivity index (χ1n) is 5.66. The summed E-state index contributed by atoms with van der Waals surface area (Å²) in [6.45, 7) is 3.03. The number of aryl methyl sites for hydroxylation is 1. The standard InChI is InChI=1S/C11H18N2O2/c1-2-6-13-8-9(7-12-13)15-11-5-3-4-10(11)14/h7-8,10-11,14H,2-6H2,1H3/t10-,11-/m0/s1. The predicted molar refractivity (Wildman–Crippen MR) is 56.8 cm³/mol. The van der Waals surface area contributed by atoms with Crippen LogP contribution in [0.2, 0.25) is 0 Å². The van der Waals surface area contributed by atoms with Gasteiger partial charge in [0.2, 0.25) is 0 Å². The van der Waals surface area contributed by atoms with Crippen molar-refractivity contribution in [1.82, 2.24) is 9.78 Å². The molecule has 1 aromatic heterocycles. The molecule has 0 saturated heterocycles. The average molecular weight is 210 g/mol. The number of hydrogen-bond acceptors (Lipinski definition) is 3. The summed E-state index contributed by atoms with van der Waals surface area (Å²) in [5.74, 6) is 0.773. The predicted octanol–water partition coefficient (Wildman–Crippen LogP) is 1.59. The monoisotopic (exact) mass is 210 g/mol. The van der Waals surface area contributed by atoms with Gasteiger partial charge in [0.15, 0.2) is 5.75 Å². The summed E-state index contributed by atoms with van der Waals surface area (Å²) in [4.78, 5) is 0. The van der Waals surface area contributed by atoms with Gasteiger partial charge in [0.05, 0.1) is 18.5 Å². The fourth-order valence-corrected chi connectivity index (χ4v) is 1.98. The zero-order valence-corrected chi connectivity index (χ0v) is 9.09. The topological polar surface area (TPSA) is 47.3 Å². The Labute approximate surface area is 89.9 Å². The molecule has 2 atom stereocenters. The van der Waals surface area contributed by atoms with Gasteiger partial charge in [-0.25, -0.2) is 0 Å². The Hall–Kier alpha value is -1.03. The molecule has 1 saturated carbocycles. The smallest absolute Gasteiger partial charge is 0.157 e. The lowest BCUT2D eigenvalue weighted by Crippen LogP contribution is -2.25. The van der Waals surface area contributed by atoms with Crippen molar-refractivity contribution in [3.8, 4) is 5.75 Å². The van der Waals surface area contributed by atoms with Crippen LogP contribution in [0.25, 0.3) is 0 Å². The molecule has 1 fully saturated rings. The molecule has 0 radical (unpaired) electrons. The highest BCUT2D eigenvalue weighted by atomic mass is 16.5. The number of hydrogen-bond donors (Lipinski definition) is 1. The maximum Gasteiger partial charge on any atom is 0.157 e. The SMILES string of the molecule is CCCn1cc(O[C@H]2CCC[C@@H]2O)cn1. The number of rotatable bonds is 4. The van der Waals surface area contributed by atoms with Crippen LogP contribution in [0.15, 0.2) is 12.4 Å². The Morgan fingerprint density at radius 1 is 1.60 bits per heavy atom. The van der Waals surface area contributed by atoms with E-state index in [9.17, 15) is 5.11 Å². The lowest BCUT2D eigenvalue weighted by molar-refractivity contribution is 0.0603. The molecule has 4 nitrogen and oxygen atoms in total. The quantitative estimate of drug-likeness (QED) is 0.820. The van der Waals surface area contributed by atoms with Gasteiger partial charge in [0, 0.05) is 6.54 Å². The van der Waals surface area contributed by atoms with Gasteiger partial charge in [-0.15, -0.1) is 0 Å². The van der Waals surface area contributed by atoms with Crippen molar-refractivity contribution in [3.63, 3.8) is 0 Å². The van der Waals surface area contributed by atoms with Crippen molar-refractivity contribution < 1.29 is 9.84 Å². The summed E-state index contributed by atoms with van der Waals surface area (Å²) in [6, 6.07) is 0. The van der Waals surface area contributed by atoms with Crippen LogP contribution in [0.3, 0.4) is 0 Å². The number of aromatic nitrogens is 2. The van der Waals surface area contributed by atoms with E-state index in [4.69, 9.17) is 4.74 Å². The molecule has 4 heteroatoms. The molecule has 0 aromatic carbocycles. The van der Waals surface area contributed by atoms with Gasteiger partial charge in [-0.1, -0.05) is 6.92 Å². The van der Waals surface area contributed by atoms with Gasteiger partial charge in [-0.05, 0) is 25.7 Å². The maximum absolute atomic E-state index is 9.61. The minimum absolute atomic E-state index is 0.0377. The van der Waals surface area contributed by atoms with Crippen LogP contribution in [-0.4, -0.2) is 27.1 Å². The summed E-state index contributed by atoms with van der Waals surface area (Å²) < 4.78 is 7.55. The van der Waals surface area contributed by atoms with Crippen LogP contribution in [0, 0.1) is 0 Å². The molecular formula is C11H18N2O2. The summed E-state index contributed by atoms with van der Waals surface area (Å²) >= 11 is 0. The second kappa shape index (κ2) is 4.66. The number of aliphatic hydroxyl groups is 1. The van der Waals surface area contributed by atoms with Crippen molar-refractivity contribution in [3.05, 3.63) is 12.4 Å². The third-order valence-electron chi connectivity index (χ3n) is 2.77. The van der Waals surface area contributed by atoms with E-state index < -0.39 is 0 Å². The van der Waals surface area contributed by atoms with Gasteiger partial charge >= 0.3 is 0 Å². The Balaban J connectivity index is 1.92. The van der Waals surface area contributed by atoms with E-state index in [0.717, 1.165) is 38.0 Å². The van der Waals surface area contributed by atoms with E-state index >= 15 is 0 Å². The Bertz CT molecular complexity index is 311. The molecule has 1 aromatic rings. The molecule has 2 rings (SSSR count). The second-order valence-corrected chi connectivity index (χ2v) is 4.09. The van der Waals surface area contributed by atoms with E-state index in [1.54, 1.807) is 6.20 Å². The lowest BCUT2D eigenvalue weighted by atomic mass is 10.2. The van der Waals surface area contributed by atoms with Crippen LogP contribution in [0.1, 0.15) is 32.6 Å². The summed E-state index contributed by atoms with van der Waals surface area (Å²) in [5.41, 5.74) is 0. The van der Waals surface area contributed by atoms with E-state index in [1.165, 1.54) is 0 Å². The zero-order chi connectivity index (χ0) is 10.7. The molecule has 1 heterocycles. The summed E-state index contributed by atoms with van der Waals surface area (Å²) in [5, 5.41) is 13.8. The summed E-state index contributed by atoms with van der Waals surface area (Å²) in [7, 11) is 0. The Morgan fingerprint density at radius 3 is 3.13 bits per heavy atom. The third kappa shape index (κ3) is 2.50. The molecule has 84 valence electrons. The summed E-state index contributed by atoms with van der Waals surface area (Å²) in [6.07, 6.45) is 7.19. The molecule has 0 spiro atoms. The number of ether oxygens (including phenoxy) is 1. The van der Waals surface area contributed by atoms with Crippen molar-refractivity contribution in [1.29, 1.82) is 0 Å². The lowest BCUT2D eigenvalue weighted by Gasteiger charge is -2.15. The second-order valence-electron chi connectivity index (χ2n) is 4.09. The number of nitrogens with zero attached hydrogens (tertiary/aromatic N) is 2. The highest BCUT2D eigenvalue weighted by Crippen LogP contribution is 2.24. The van der Waals surface area contributed by atoms with Gasteiger partial charge in [0.1, 0.15) is 6.10 Å². The molecular weight excluding hydrogens is 192 g/mol. The fraction of sp³-hybridized carbons (Fsp3) is 0.727. The molecule has 0 unspecified atom stereocenters. The van der Waals surface area contributed by atoms with E-state index in [1.807, 2.05) is 10.9 Å². The molecule has 0 aliphatic heterocycles. The minimum atomic E-state index is -0.306. The van der Waals surface area contributed by atoms with Crippen molar-refractivity contribution in [2.75, 3.05) is 0 Å². The van der Waals surface area contributed by atoms with Crippen LogP contribution in [-0.2, 0) is 6.54 Å². The minimum Gasteiger partial charge on any atom is -0.484 e. The van der Waals surface area contributed by atoms with Gasteiger partial charge in [-0.2, -0.15) is 5.10 Å². The normalized spacial score (nSPS) is 25.7. The first-order chi connectivity index (χ1) is 7.29. The van der Waals surface area contributed by atoms with Crippen LogP contribution < -0.4 is 4.74 Å². The molecule has 1 N–H and O–H groups in total. The van der Waals surface area contributed by atoms with Crippen LogP contribution >= 0.6 is 0 Å². The molecule has 1 aliphatic carbocycles. The highest BCUT2D eigenvalue weighted by Gasteiger charge is 2.27. The Morgan fingerprint density at radius 2 is 2.47 bits per heavy atom. The van der Waals surface area contributed by atoms with Crippen molar-refractivity contribution >= 4 is 0 Å². The van der Waals surface area contributed by atoms with E-state index in [0.29, 0.717) is 0 Å². The fourth-order valence-electron chi connectivity index (χ4n) is 1.98. The molecule has 15 heavy (non-hydrogen) atoms. The maximum atomic E-state index is 9.61. The third-order valence-corrected chi connectivity index (χ3v) is 2.77. The van der Waals surface area contributed by atoms with Gasteiger partial charge in [0.25, 0.3) is 0 Å². The molecule has 0 bridgehead atoms. The van der Waals surface area contributed by atoms with E-state index in [2.05, 4.69) is 12.0 Å². The van der Waals surface area contributed by atoms with Gasteiger partial charge in [-0.3, -0.25) is 4.68 Å². The zero-order valence-electron chi connectivity index (χ0n) is 9.09. The number of aliphatic hydroxyl groups excluding tert-OH is 1. The largest absolute Gasteiger partial charge is 0.484 e. The van der Waals surface area contributed by atoms with Crippen molar-refractivity contribution in [2.24, 2.45) is 0 Å². The van der Waals surface area contributed by atoms with Crippen molar-refractivity contribution in [2.45, 2.75) is 51.4 Å². The van der Waals surface area contributed by atoms with E-state index in [-0.39, 0.29) is 12.2 Å². The van der Waals surface area contributed by atoms with Gasteiger partial charge < -0.3 is 9.84 Å². The first kappa shape index (κ1) is 10.5. The first-order valence-corrected chi connectivity index (χ1v) is 5.66. The van der Waals surface area contributed by atoms with Crippen LogP contribution in [0.4, 0.5) is 0 Å². The molecule has 1 aliphatic rings.